The number of hydrogen-bond acceptors (Lipinski definition) is 12. The van der Waals surface area contributed by atoms with Gasteiger partial charge in [-0.1, -0.05) is 32.0 Å². The van der Waals surface area contributed by atoms with Crippen molar-refractivity contribution in [3.05, 3.63) is 83.0 Å². The monoisotopic (exact) mass is 769 g/mol. The van der Waals surface area contributed by atoms with Gasteiger partial charge in [-0.3, -0.25) is 19.1 Å². The Labute approximate surface area is 327 Å². The smallest absolute Gasteiger partial charge is 0.272 e. The topological polar surface area (TPSA) is 220 Å². The second-order valence-corrected chi connectivity index (χ2v) is 14.7. The molecule has 1 aromatic carbocycles. The van der Waals surface area contributed by atoms with Crippen molar-refractivity contribution in [1.29, 1.82) is 0 Å². The molecule has 3 aromatic rings. The number of amides is 3. The molecular weight excluding hydrogens is 715 g/mol. The van der Waals surface area contributed by atoms with Gasteiger partial charge < -0.3 is 47.4 Å². The molecule has 0 bridgehead atoms. The summed E-state index contributed by atoms with van der Waals surface area (Å²) in [6.45, 7) is 7.63. The molecule has 300 valence electrons. The highest BCUT2D eigenvalue weighted by molar-refractivity contribution is 5.96. The number of anilines is 2. The van der Waals surface area contributed by atoms with Gasteiger partial charge in [-0.15, -0.1) is 0 Å². The Morgan fingerprint density at radius 1 is 1.00 bits per heavy atom. The zero-order chi connectivity index (χ0) is 40.3. The first-order valence-corrected chi connectivity index (χ1v) is 19.5. The molecule has 2 saturated carbocycles. The van der Waals surface area contributed by atoms with E-state index in [1.165, 1.54) is 17.0 Å². The molecule has 0 spiro atoms. The van der Waals surface area contributed by atoms with Crippen LogP contribution in [-0.4, -0.2) is 92.3 Å². The third kappa shape index (κ3) is 8.51. The molecule has 3 fully saturated rings. The summed E-state index contributed by atoms with van der Waals surface area (Å²) in [5.41, 5.74) is 17.5. The number of rotatable bonds is 12. The number of nitrogens with two attached hydrogens (primary N) is 2. The average Bonchev–Trinajstić information content (AvgIpc) is 4.16. The van der Waals surface area contributed by atoms with Crippen molar-refractivity contribution in [3.8, 4) is 11.1 Å². The van der Waals surface area contributed by atoms with Gasteiger partial charge in [0.05, 0.1) is 41.5 Å². The van der Waals surface area contributed by atoms with Crippen molar-refractivity contribution in [2.45, 2.75) is 83.8 Å². The van der Waals surface area contributed by atoms with Gasteiger partial charge in [0, 0.05) is 62.9 Å². The molecule has 16 nitrogen and oxygen atoms in total. The maximum absolute atomic E-state index is 13.1. The van der Waals surface area contributed by atoms with E-state index < -0.39 is 11.8 Å². The molecular formula is C40H55N11O5. The second-order valence-electron chi connectivity index (χ2n) is 14.7. The quantitative estimate of drug-likeness (QED) is 0.0804. The summed E-state index contributed by atoms with van der Waals surface area (Å²) in [6.07, 6.45) is 8.02. The number of aliphatic hydroxyl groups is 2. The molecule has 2 aromatic heterocycles. The van der Waals surface area contributed by atoms with Gasteiger partial charge in [-0.05, 0) is 63.6 Å². The molecule has 2 aliphatic carbocycles. The van der Waals surface area contributed by atoms with Crippen LogP contribution in [-0.2, 0) is 22.0 Å². The molecule has 3 amide bonds. The summed E-state index contributed by atoms with van der Waals surface area (Å²) in [5, 5.41) is 36.4. The molecule has 0 unspecified atom stereocenters. The summed E-state index contributed by atoms with van der Waals surface area (Å²) < 4.78 is 2.04. The fraction of sp³-hybridized carbons (Fsp3) is 0.475. The first-order chi connectivity index (χ1) is 26.8. The van der Waals surface area contributed by atoms with Crippen LogP contribution in [0, 0.1) is 5.92 Å². The number of hydrogen-bond donors (Lipinski definition) is 7. The highest BCUT2D eigenvalue weighted by Gasteiger charge is 2.40. The van der Waals surface area contributed by atoms with E-state index >= 15 is 0 Å². The van der Waals surface area contributed by atoms with Crippen LogP contribution in [0.25, 0.3) is 11.1 Å². The summed E-state index contributed by atoms with van der Waals surface area (Å²) in [7, 11) is 3.65. The van der Waals surface area contributed by atoms with Gasteiger partial charge in [0.1, 0.15) is 22.9 Å². The molecule has 2 aliphatic heterocycles. The van der Waals surface area contributed by atoms with Crippen LogP contribution in [0.4, 0.5) is 11.4 Å². The maximum Gasteiger partial charge on any atom is 0.272 e. The van der Waals surface area contributed by atoms with Gasteiger partial charge in [0.2, 0.25) is 5.91 Å². The van der Waals surface area contributed by atoms with E-state index in [1.807, 2.05) is 56.9 Å². The highest BCUT2D eigenvalue weighted by Crippen LogP contribution is 2.44. The minimum atomic E-state index is -2.35. The standard InChI is InChI=1S/C38H49N11O5.C2H6/c1-4-46(2)37(52)28-9-6-10-31(44-28)38(53,54)48-17-15-24(16-18-48)49-30-21-47(3)34-25(26(30)20-41-49)7-5-8-27(34)43-29(33(40)36(51)42-23-13-14-23)19-32(39)45-35(50)22-11-12-22;1-2/h5-10,19-20,22-24,43,53-54H,4,11-18,21,39-40H2,1-3H3,(H,42,51)(H,45,50);1-2H3/b32-19+,33-29+;. The number of pyridine rings is 1. The number of nitrogens with zero attached hydrogens (tertiary/aromatic N) is 6. The Morgan fingerprint density at radius 2 is 1.70 bits per heavy atom. The lowest BCUT2D eigenvalue weighted by Gasteiger charge is -2.40. The van der Waals surface area contributed by atoms with Crippen LogP contribution in [0.2, 0.25) is 0 Å². The Hall–Kier alpha value is -5.45. The number of carbonyl (C=O) groups excluding carboxylic acids is 3. The molecule has 0 radical (unpaired) electrons. The molecule has 56 heavy (non-hydrogen) atoms. The maximum atomic E-state index is 13.1. The SMILES string of the molecule is CC.CCN(C)C(=O)c1cccc(C(O)(O)N2CCC(n3ncc4c3CN(C)c3c(NC(/C=C(\N)NC(=O)C5CC5)=C(/N)C(=O)NC5CC5)cccc3-4)CC2)n1. The van der Waals surface area contributed by atoms with Crippen LogP contribution >= 0.6 is 0 Å². The third-order valence-corrected chi connectivity index (χ3v) is 10.6. The Balaban J connectivity index is 0.00000262. The number of aromatic nitrogens is 3. The average molecular weight is 770 g/mol. The zero-order valence-corrected chi connectivity index (χ0v) is 32.9. The number of allylic oxidation sites excluding steroid dienone is 1. The molecule has 9 N–H and O–H groups in total. The van der Waals surface area contributed by atoms with E-state index in [4.69, 9.17) is 16.6 Å². The lowest BCUT2D eigenvalue weighted by atomic mass is 9.96. The number of benzene rings is 1. The van der Waals surface area contributed by atoms with E-state index in [1.54, 1.807) is 24.1 Å². The Bertz CT molecular complexity index is 2010. The minimum absolute atomic E-state index is 0.0000879. The van der Waals surface area contributed by atoms with Crippen molar-refractivity contribution < 1.29 is 24.6 Å². The van der Waals surface area contributed by atoms with Crippen LogP contribution in [0.15, 0.2) is 65.9 Å². The lowest BCUT2D eigenvalue weighted by molar-refractivity contribution is -0.282. The van der Waals surface area contributed by atoms with Gasteiger partial charge in [-0.2, -0.15) is 5.10 Å². The van der Waals surface area contributed by atoms with Gasteiger partial charge in [-0.25, -0.2) is 9.88 Å². The molecule has 4 heterocycles. The number of para-hydroxylation sites is 1. The number of likely N-dealkylation sites (tertiary alicyclic amines) is 1. The van der Waals surface area contributed by atoms with Crippen molar-refractivity contribution in [3.63, 3.8) is 0 Å². The van der Waals surface area contributed by atoms with Gasteiger partial charge >= 0.3 is 0 Å². The molecule has 1 saturated heterocycles. The third-order valence-electron chi connectivity index (χ3n) is 10.6. The number of carbonyl (C=O) groups is 3. The Kier molecular flexibility index (Phi) is 12.0. The largest absolute Gasteiger partial charge is 0.393 e. The summed E-state index contributed by atoms with van der Waals surface area (Å²) >= 11 is 0. The van der Waals surface area contributed by atoms with E-state index in [9.17, 15) is 24.6 Å². The highest BCUT2D eigenvalue weighted by atomic mass is 16.5. The summed E-state index contributed by atoms with van der Waals surface area (Å²) in [4.78, 5) is 47.7. The molecule has 16 heteroatoms. The van der Waals surface area contributed by atoms with E-state index in [0.717, 1.165) is 48.2 Å². The first kappa shape index (κ1) is 40.2. The predicted molar refractivity (Wildman–Crippen MR) is 213 cm³/mol. The summed E-state index contributed by atoms with van der Waals surface area (Å²) in [6, 6.07) is 10.6. The van der Waals surface area contributed by atoms with E-state index in [2.05, 4.69) is 25.8 Å². The van der Waals surface area contributed by atoms with Crippen LogP contribution in [0.5, 0.6) is 0 Å². The van der Waals surface area contributed by atoms with Gasteiger partial charge in [0.15, 0.2) is 0 Å². The molecule has 0 atom stereocenters. The summed E-state index contributed by atoms with van der Waals surface area (Å²) in [5.74, 6) is -3.17. The van der Waals surface area contributed by atoms with Crippen molar-refractivity contribution in [2.75, 3.05) is 43.9 Å². The van der Waals surface area contributed by atoms with E-state index in [-0.39, 0.29) is 58.4 Å². The van der Waals surface area contributed by atoms with Crippen molar-refractivity contribution in [1.82, 2.24) is 35.2 Å². The van der Waals surface area contributed by atoms with Crippen molar-refractivity contribution in [2.24, 2.45) is 17.4 Å². The van der Waals surface area contributed by atoms with Crippen LogP contribution in [0.1, 0.15) is 87.2 Å². The first-order valence-electron chi connectivity index (χ1n) is 19.5. The number of fused-ring (bicyclic) bond motifs is 3. The number of nitrogens with one attached hydrogen (secondary N) is 3. The van der Waals surface area contributed by atoms with Crippen LogP contribution in [0.3, 0.4) is 0 Å². The number of piperidine rings is 1. The predicted octanol–water partition coefficient (Wildman–Crippen LogP) is 2.63. The van der Waals surface area contributed by atoms with Crippen LogP contribution < -0.4 is 32.3 Å². The molecule has 7 rings (SSSR count). The normalized spacial score (nSPS) is 17.8. The fourth-order valence-corrected chi connectivity index (χ4v) is 7.05. The van der Waals surface area contributed by atoms with Crippen molar-refractivity contribution >= 4 is 29.1 Å². The zero-order valence-electron chi connectivity index (χ0n) is 32.9. The Morgan fingerprint density at radius 3 is 2.36 bits per heavy atom. The van der Waals surface area contributed by atoms with E-state index in [0.29, 0.717) is 44.7 Å². The fourth-order valence-electron chi connectivity index (χ4n) is 7.05. The minimum Gasteiger partial charge on any atom is -0.393 e. The lowest BCUT2D eigenvalue weighted by Crippen LogP contribution is -2.50. The van der Waals surface area contributed by atoms with Gasteiger partial charge in [0.25, 0.3) is 17.7 Å². The molecule has 4 aliphatic rings. The second kappa shape index (κ2) is 16.7.